The number of hydrogen-bond acceptors (Lipinski definition) is 2. The summed E-state index contributed by atoms with van der Waals surface area (Å²) in [4.78, 5) is 0. The average molecular weight is 164 g/mol. The molecule has 2 nitrogen and oxygen atoms in total. The van der Waals surface area contributed by atoms with E-state index >= 15 is 0 Å². The maximum Gasteiger partial charge on any atom is 0.119 e. The molecule has 0 amide bonds. The lowest BCUT2D eigenvalue weighted by molar-refractivity contribution is 0.279. The molecule has 2 heteroatoms. The molecule has 1 aromatic carbocycles. The quantitative estimate of drug-likeness (QED) is 0.699. The fraction of sp³-hybridized carbons (Fsp3) is 0.400. The molecule has 0 aliphatic heterocycles. The van der Waals surface area contributed by atoms with Gasteiger partial charge in [-0.1, -0.05) is 12.1 Å². The van der Waals surface area contributed by atoms with E-state index in [1.54, 1.807) is 12.1 Å². The molecule has 0 aromatic heterocycles. The molecule has 2 N–H and O–H groups in total. The van der Waals surface area contributed by atoms with Gasteiger partial charge in [0.05, 0.1) is 6.61 Å². The van der Waals surface area contributed by atoms with Crippen LogP contribution in [0, 0.1) is 0 Å². The zero-order valence-electron chi connectivity index (χ0n) is 6.83. The third-order valence-corrected chi connectivity index (χ3v) is 2.33. The van der Waals surface area contributed by atoms with Crippen LogP contribution in [0.25, 0.3) is 0 Å². The molecular formula is C10H12O2. The predicted octanol–water partition coefficient (Wildman–Crippen LogP) is 1.76. The number of phenols is 1. The van der Waals surface area contributed by atoms with Gasteiger partial charge in [-0.2, -0.15) is 0 Å². The summed E-state index contributed by atoms with van der Waals surface area (Å²) in [6, 6.07) is 5.33. The minimum Gasteiger partial charge on any atom is -0.508 e. The highest BCUT2D eigenvalue weighted by molar-refractivity contribution is 5.43. The van der Waals surface area contributed by atoms with Crippen molar-refractivity contribution in [3.05, 3.63) is 29.3 Å². The minimum absolute atomic E-state index is 0.0280. The van der Waals surface area contributed by atoms with Crippen LogP contribution < -0.4 is 0 Å². The van der Waals surface area contributed by atoms with Gasteiger partial charge < -0.3 is 10.2 Å². The van der Waals surface area contributed by atoms with E-state index in [-0.39, 0.29) is 6.61 Å². The van der Waals surface area contributed by atoms with Gasteiger partial charge in [0, 0.05) is 5.56 Å². The lowest BCUT2D eigenvalue weighted by Gasteiger charge is -2.07. The first kappa shape index (κ1) is 7.62. The molecule has 1 fully saturated rings. The Morgan fingerprint density at radius 3 is 2.67 bits per heavy atom. The Bertz CT molecular complexity index is 290. The van der Waals surface area contributed by atoms with E-state index in [1.807, 2.05) is 6.07 Å². The molecule has 0 heterocycles. The zero-order chi connectivity index (χ0) is 8.55. The van der Waals surface area contributed by atoms with Crippen molar-refractivity contribution < 1.29 is 10.2 Å². The molecule has 0 unspecified atom stereocenters. The number of benzene rings is 1. The Kier molecular flexibility index (Phi) is 1.77. The number of aliphatic hydroxyl groups excluding tert-OH is 1. The fourth-order valence-corrected chi connectivity index (χ4v) is 1.58. The molecular weight excluding hydrogens is 152 g/mol. The first-order chi connectivity index (χ1) is 5.83. The van der Waals surface area contributed by atoms with Gasteiger partial charge in [-0.05, 0) is 30.4 Å². The molecule has 2 rings (SSSR count). The van der Waals surface area contributed by atoms with E-state index in [0.29, 0.717) is 11.7 Å². The molecule has 0 spiro atoms. The van der Waals surface area contributed by atoms with Crippen LogP contribution in [0.4, 0.5) is 0 Å². The lowest BCUT2D eigenvalue weighted by atomic mass is 10.0. The van der Waals surface area contributed by atoms with Crippen LogP contribution in [0.1, 0.15) is 29.9 Å². The highest BCUT2D eigenvalue weighted by Gasteiger charge is 2.28. The predicted molar refractivity (Wildman–Crippen MR) is 46.0 cm³/mol. The third kappa shape index (κ3) is 1.18. The summed E-state index contributed by atoms with van der Waals surface area (Å²) in [6.07, 6.45) is 2.29. The minimum atomic E-state index is 0.0280. The van der Waals surface area contributed by atoms with Gasteiger partial charge in [0.2, 0.25) is 0 Å². The van der Waals surface area contributed by atoms with Crippen LogP contribution in [0.15, 0.2) is 18.2 Å². The molecule has 12 heavy (non-hydrogen) atoms. The number of aliphatic hydroxyl groups is 1. The maximum absolute atomic E-state index is 9.52. The first-order valence-electron chi connectivity index (χ1n) is 4.24. The Labute approximate surface area is 71.5 Å². The summed E-state index contributed by atoms with van der Waals surface area (Å²) in [5.74, 6) is 0.831. The van der Waals surface area contributed by atoms with Gasteiger partial charge in [-0.25, -0.2) is 0 Å². The summed E-state index contributed by atoms with van der Waals surface area (Å²) in [5.41, 5.74) is 1.83. The van der Waals surface area contributed by atoms with Crippen molar-refractivity contribution in [1.82, 2.24) is 0 Å². The third-order valence-electron chi connectivity index (χ3n) is 2.33. The summed E-state index contributed by atoms with van der Waals surface area (Å²) < 4.78 is 0. The van der Waals surface area contributed by atoms with Crippen molar-refractivity contribution in [3.8, 4) is 5.75 Å². The summed E-state index contributed by atoms with van der Waals surface area (Å²) >= 11 is 0. The monoisotopic (exact) mass is 164 g/mol. The Balaban J connectivity index is 2.45. The van der Waals surface area contributed by atoms with Gasteiger partial charge in [-0.15, -0.1) is 0 Å². The highest BCUT2D eigenvalue weighted by atomic mass is 16.3. The number of phenolic OH excluding ortho intramolecular Hbond substituents is 1. The van der Waals surface area contributed by atoms with Crippen molar-refractivity contribution >= 4 is 0 Å². The lowest BCUT2D eigenvalue weighted by Crippen LogP contribution is -1.91. The smallest absolute Gasteiger partial charge is 0.119 e. The van der Waals surface area contributed by atoms with Gasteiger partial charge >= 0.3 is 0 Å². The van der Waals surface area contributed by atoms with E-state index in [1.165, 1.54) is 0 Å². The second-order valence-corrected chi connectivity index (χ2v) is 3.28. The normalized spacial score (nSPS) is 16.4. The number of aromatic hydroxyl groups is 1. The molecule has 1 aliphatic rings. The second-order valence-electron chi connectivity index (χ2n) is 3.28. The van der Waals surface area contributed by atoms with Crippen LogP contribution in [-0.2, 0) is 6.61 Å². The fourth-order valence-electron chi connectivity index (χ4n) is 1.58. The Morgan fingerprint density at radius 1 is 1.33 bits per heavy atom. The van der Waals surface area contributed by atoms with E-state index in [2.05, 4.69) is 0 Å². The van der Waals surface area contributed by atoms with E-state index in [9.17, 15) is 5.11 Å². The molecule has 0 radical (unpaired) electrons. The van der Waals surface area contributed by atoms with E-state index < -0.39 is 0 Å². The van der Waals surface area contributed by atoms with Crippen molar-refractivity contribution in [2.24, 2.45) is 0 Å². The second kappa shape index (κ2) is 2.79. The molecule has 1 saturated carbocycles. The summed E-state index contributed by atoms with van der Waals surface area (Å²) in [6.45, 7) is 0.0280. The van der Waals surface area contributed by atoms with E-state index in [4.69, 9.17) is 5.11 Å². The maximum atomic E-state index is 9.52. The highest BCUT2D eigenvalue weighted by Crippen LogP contribution is 2.45. The van der Waals surface area contributed by atoms with Crippen LogP contribution in [0.5, 0.6) is 5.75 Å². The molecule has 0 bridgehead atoms. The van der Waals surface area contributed by atoms with Gasteiger partial charge in [0.15, 0.2) is 0 Å². The topological polar surface area (TPSA) is 40.5 Å². The Morgan fingerprint density at radius 2 is 2.08 bits per heavy atom. The van der Waals surface area contributed by atoms with Crippen LogP contribution >= 0.6 is 0 Å². The molecule has 1 aliphatic carbocycles. The zero-order valence-corrected chi connectivity index (χ0v) is 6.83. The number of hydrogen-bond donors (Lipinski definition) is 2. The van der Waals surface area contributed by atoms with Crippen LogP contribution in [-0.4, -0.2) is 10.2 Å². The average Bonchev–Trinajstić information content (AvgIpc) is 2.87. The van der Waals surface area contributed by atoms with Crippen molar-refractivity contribution in [3.63, 3.8) is 0 Å². The van der Waals surface area contributed by atoms with E-state index in [0.717, 1.165) is 24.0 Å². The van der Waals surface area contributed by atoms with Gasteiger partial charge in [0.1, 0.15) is 5.75 Å². The summed E-state index contributed by atoms with van der Waals surface area (Å²) in [7, 11) is 0. The number of rotatable bonds is 2. The molecule has 64 valence electrons. The largest absolute Gasteiger partial charge is 0.508 e. The van der Waals surface area contributed by atoms with Crippen LogP contribution in [0.3, 0.4) is 0 Å². The first-order valence-corrected chi connectivity index (χ1v) is 4.24. The van der Waals surface area contributed by atoms with Crippen molar-refractivity contribution in [2.75, 3.05) is 0 Å². The van der Waals surface area contributed by atoms with Crippen molar-refractivity contribution in [1.29, 1.82) is 0 Å². The molecule has 0 atom stereocenters. The van der Waals surface area contributed by atoms with Gasteiger partial charge in [-0.3, -0.25) is 0 Å². The van der Waals surface area contributed by atoms with Gasteiger partial charge in [0.25, 0.3) is 0 Å². The van der Waals surface area contributed by atoms with Crippen molar-refractivity contribution in [2.45, 2.75) is 25.4 Å². The standard InChI is InChI=1S/C10H12O2/c11-6-8-2-1-3-9(12)10(8)7-4-5-7/h1-3,7,11-12H,4-6H2. The summed E-state index contributed by atoms with van der Waals surface area (Å²) in [5, 5.41) is 18.5. The Hall–Kier alpha value is -1.02. The molecule has 0 saturated heterocycles. The molecule has 1 aromatic rings. The SMILES string of the molecule is OCc1cccc(O)c1C1CC1. The van der Waals surface area contributed by atoms with Crippen LogP contribution in [0.2, 0.25) is 0 Å².